The van der Waals surface area contributed by atoms with Gasteiger partial charge in [0.2, 0.25) is 0 Å². The van der Waals surface area contributed by atoms with Crippen molar-refractivity contribution in [3.8, 4) is 11.5 Å². The molecule has 0 saturated heterocycles. The van der Waals surface area contributed by atoms with Crippen LogP contribution in [0.4, 0.5) is 5.69 Å². The molecule has 0 radical (unpaired) electrons. The molecule has 2 aromatic carbocycles. The van der Waals surface area contributed by atoms with E-state index in [0.717, 1.165) is 17.2 Å². The molecule has 0 heterocycles. The van der Waals surface area contributed by atoms with E-state index in [9.17, 15) is 0 Å². The molecule has 0 spiro atoms. The van der Waals surface area contributed by atoms with E-state index in [-0.39, 0.29) is 6.04 Å². The Hall–Kier alpha value is -2.16. The van der Waals surface area contributed by atoms with Gasteiger partial charge in [-0.2, -0.15) is 0 Å². The van der Waals surface area contributed by atoms with Crippen LogP contribution in [0.5, 0.6) is 11.5 Å². The zero-order valence-electron chi connectivity index (χ0n) is 13.1. The van der Waals surface area contributed by atoms with Crippen LogP contribution in [-0.4, -0.2) is 13.7 Å². The highest BCUT2D eigenvalue weighted by molar-refractivity contribution is 5.58. The lowest BCUT2D eigenvalue weighted by Gasteiger charge is -2.18. The van der Waals surface area contributed by atoms with Gasteiger partial charge < -0.3 is 14.8 Å². The standard InChI is InChI=1S/C18H23NO2/c1-5-21-16-9-7-15(8-10-16)14(3)19-17-11-6-13(2)12-18(17)20-4/h6-12,14,19H,5H2,1-4H3. The molecule has 3 nitrogen and oxygen atoms in total. The molecular formula is C18H23NO2. The average Bonchev–Trinajstić information content (AvgIpc) is 2.50. The third-order valence-corrected chi connectivity index (χ3v) is 3.42. The summed E-state index contributed by atoms with van der Waals surface area (Å²) < 4.78 is 10.9. The van der Waals surface area contributed by atoms with Crippen molar-refractivity contribution in [3.05, 3.63) is 53.6 Å². The number of hydrogen-bond acceptors (Lipinski definition) is 3. The summed E-state index contributed by atoms with van der Waals surface area (Å²) >= 11 is 0. The highest BCUT2D eigenvalue weighted by Gasteiger charge is 2.09. The van der Waals surface area contributed by atoms with Crippen molar-refractivity contribution in [2.24, 2.45) is 0 Å². The quantitative estimate of drug-likeness (QED) is 0.843. The Labute approximate surface area is 126 Å². The van der Waals surface area contributed by atoms with Crippen LogP contribution in [0.2, 0.25) is 0 Å². The van der Waals surface area contributed by atoms with E-state index in [1.807, 2.05) is 25.1 Å². The lowest BCUT2D eigenvalue weighted by molar-refractivity contribution is 0.340. The van der Waals surface area contributed by atoms with Crippen LogP contribution in [0.1, 0.15) is 31.0 Å². The molecule has 2 aromatic rings. The summed E-state index contributed by atoms with van der Waals surface area (Å²) in [4.78, 5) is 0. The molecule has 1 unspecified atom stereocenters. The molecule has 2 rings (SSSR count). The summed E-state index contributed by atoms with van der Waals surface area (Å²) in [6.45, 7) is 6.87. The van der Waals surface area contributed by atoms with E-state index in [4.69, 9.17) is 9.47 Å². The fourth-order valence-corrected chi connectivity index (χ4v) is 2.25. The predicted molar refractivity (Wildman–Crippen MR) is 87.4 cm³/mol. The van der Waals surface area contributed by atoms with Gasteiger partial charge in [0.1, 0.15) is 11.5 Å². The number of rotatable bonds is 6. The number of nitrogens with one attached hydrogen (secondary N) is 1. The van der Waals surface area contributed by atoms with Crippen molar-refractivity contribution in [3.63, 3.8) is 0 Å². The molecule has 0 aliphatic rings. The van der Waals surface area contributed by atoms with E-state index < -0.39 is 0 Å². The molecular weight excluding hydrogens is 262 g/mol. The molecule has 1 atom stereocenters. The Balaban J connectivity index is 2.12. The largest absolute Gasteiger partial charge is 0.495 e. The molecule has 0 fully saturated rings. The molecule has 0 aliphatic heterocycles. The first-order valence-electron chi connectivity index (χ1n) is 7.28. The molecule has 21 heavy (non-hydrogen) atoms. The fraction of sp³-hybridized carbons (Fsp3) is 0.333. The SMILES string of the molecule is CCOc1ccc(C(C)Nc2ccc(C)cc2OC)cc1. The van der Waals surface area contributed by atoms with Crippen LogP contribution in [-0.2, 0) is 0 Å². The van der Waals surface area contributed by atoms with Crippen LogP contribution >= 0.6 is 0 Å². The first-order chi connectivity index (χ1) is 10.1. The molecule has 0 amide bonds. The second-order valence-corrected chi connectivity index (χ2v) is 5.07. The first-order valence-corrected chi connectivity index (χ1v) is 7.28. The lowest BCUT2D eigenvalue weighted by Crippen LogP contribution is -2.07. The first kappa shape index (κ1) is 15.2. The average molecular weight is 285 g/mol. The zero-order chi connectivity index (χ0) is 15.2. The topological polar surface area (TPSA) is 30.5 Å². The maximum Gasteiger partial charge on any atom is 0.142 e. The second-order valence-electron chi connectivity index (χ2n) is 5.07. The van der Waals surface area contributed by atoms with Gasteiger partial charge in [-0.3, -0.25) is 0 Å². The summed E-state index contributed by atoms with van der Waals surface area (Å²) in [6, 6.07) is 14.5. The summed E-state index contributed by atoms with van der Waals surface area (Å²) in [5.74, 6) is 1.77. The van der Waals surface area contributed by atoms with E-state index in [1.165, 1.54) is 11.1 Å². The summed E-state index contributed by atoms with van der Waals surface area (Å²) in [5, 5.41) is 3.49. The monoisotopic (exact) mass is 285 g/mol. The van der Waals surface area contributed by atoms with E-state index >= 15 is 0 Å². The van der Waals surface area contributed by atoms with Gasteiger partial charge in [-0.25, -0.2) is 0 Å². The highest BCUT2D eigenvalue weighted by atomic mass is 16.5. The Morgan fingerprint density at radius 3 is 2.43 bits per heavy atom. The molecule has 0 bridgehead atoms. The number of aryl methyl sites for hydroxylation is 1. The number of ether oxygens (including phenoxy) is 2. The molecule has 1 N–H and O–H groups in total. The van der Waals surface area contributed by atoms with Crippen molar-refractivity contribution in [2.75, 3.05) is 19.0 Å². The van der Waals surface area contributed by atoms with Gasteiger partial charge >= 0.3 is 0 Å². The summed E-state index contributed by atoms with van der Waals surface area (Å²) in [6.07, 6.45) is 0. The summed E-state index contributed by atoms with van der Waals surface area (Å²) in [7, 11) is 1.70. The van der Waals surface area contributed by atoms with Gasteiger partial charge in [-0.15, -0.1) is 0 Å². The van der Waals surface area contributed by atoms with Gasteiger partial charge in [0.05, 0.1) is 19.4 Å². The van der Waals surface area contributed by atoms with Crippen molar-refractivity contribution < 1.29 is 9.47 Å². The molecule has 0 saturated carbocycles. The highest BCUT2D eigenvalue weighted by Crippen LogP contribution is 2.29. The minimum Gasteiger partial charge on any atom is -0.495 e. The Kier molecular flexibility index (Phi) is 5.09. The zero-order valence-corrected chi connectivity index (χ0v) is 13.1. The fourth-order valence-electron chi connectivity index (χ4n) is 2.25. The van der Waals surface area contributed by atoms with Crippen LogP contribution < -0.4 is 14.8 Å². The van der Waals surface area contributed by atoms with Gasteiger partial charge in [-0.05, 0) is 56.2 Å². The van der Waals surface area contributed by atoms with Crippen molar-refractivity contribution in [2.45, 2.75) is 26.8 Å². The Bertz CT molecular complexity index is 578. The third kappa shape index (κ3) is 3.91. The number of methoxy groups -OCH3 is 1. The minimum atomic E-state index is 0.192. The van der Waals surface area contributed by atoms with E-state index in [2.05, 4.69) is 43.4 Å². The third-order valence-electron chi connectivity index (χ3n) is 3.42. The number of hydrogen-bond donors (Lipinski definition) is 1. The molecule has 0 aromatic heterocycles. The second kappa shape index (κ2) is 7.02. The predicted octanol–water partition coefficient (Wildman–Crippen LogP) is 4.58. The normalized spacial score (nSPS) is 11.8. The number of benzene rings is 2. The van der Waals surface area contributed by atoms with E-state index in [1.54, 1.807) is 7.11 Å². The van der Waals surface area contributed by atoms with Gasteiger partial charge in [-0.1, -0.05) is 18.2 Å². The van der Waals surface area contributed by atoms with Gasteiger partial charge in [0.15, 0.2) is 0 Å². The maximum absolute atomic E-state index is 5.47. The minimum absolute atomic E-state index is 0.192. The van der Waals surface area contributed by atoms with E-state index in [0.29, 0.717) is 6.61 Å². The van der Waals surface area contributed by atoms with Crippen molar-refractivity contribution >= 4 is 5.69 Å². The molecule has 0 aliphatic carbocycles. The lowest BCUT2D eigenvalue weighted by atomic mass is 10.1. The van der Waals surface area contributed by atoms with Crippen molar-refractivity contribution in [1.29, 1.82) is 0 Å². The van der Waals surface area contributed by atoms with Gasteiger partial charge in [0, 0.05) is 6.04 Å². The van der Waals surface area contributed by atoms with Gasteiger partial charge in [0.25, 0.3) is 0 Å². The van der Waals surface area contributed by atoms with Crippen LogP contribution in [0.3, 0.4) is 0 Å². The van der Waals surface area contributed by atoms with Crippen LogP contribution in [0.25, 0.3) is 0 Å². The molecule has 3 heteroatoms. The molecule has 112 valence electrons. The van der Waals surface area contributed by atoms with Crippen LogP contribution in [0.15, 0.2) is 42.5 Å². The summed E-state index contributed by atoms with van der Waals surface area (Å²) in [5.41, 5.74) is 3.40. The number of anilines is 1. The smallest absolute Gasteiger partial charge is 0.142 e. The Morgan fingerprint density at radius 1 is 1.10 bits per heavy atom. The van der Waals surface area contributed by atoms with Crippen molar-refractivity contribution in [1.82, 2.24) is 0 Å². The van der Waals surface area contributed by atoms with Crippen LogP contribution in [0, 0.1) is 6.92 Å². The Morgan fingerprint density at radius 2 is 1.81 bits per heavy atom. The maximum atomic E-state index is 5.47.